The third kappa shape index (κ3) is 2.99. The third-order valence-corrected chi connectivity index (χ3v) is 4.30. The van der Waals surface area contributed by atoms with Crippen molar-refractivity contribution >= 4 is 22.7 Å². The summed E-state index contributed by atoms with van der Waals surface area (Å²) < 4.78 is 0. The third-order valence-electron chi connectivity index (χ3n) is 4.30. The van der Waals surface area contributed by atoms with Gasteiger partial charge in [0.25, 0.3) is 11.8 Å². The number of hydrazine groups is 1. The molecule has 0 bridgehead atoms. The molecule has 7 N–H and O–H groups in total. The molecule has 0 aliphatic carbocycles. The van der Waals surface area contributed by atoms with E-state index in [0.717, 1.165) is 22.2 Å². The van der Waals surface area contributed by atoms with Crippen LogP contribution in [0.3, 0.4) is 0 Å². The smallest absolute Gasteiger partial charge is 0.257 e. The van der Waals surface area contributed by atoms with Crippen molar-refractivity contribution in [3.05, 3.63) is 35.5 Å². The molecule has 2 aromatic rings. The molecule has 1 aromatic carbocycles. The number of carbonyl (C=O) groups excluding carboxylic acids is 2. The lowest BCUT2D eigenvalue weighted by atomic mass is 9.94. The van der Waals surface area contributed by atoms with Crippen molar-refractivity contribution in [2.45, 2.75) is 31.5 Å². The molecule has 0 saturated carbocycles. The molecule has 8 nitrogen and oxygen atoms in total. The standard InChI is InChI=1S/C16H21N5O3/c1-8-14-10(9-4-2-3-5-12(9)19-14)6-13(18-8)16(24)21-20-15(23)11(17)7-22/h2-5,8,11,13,18-19,22H,6-7,17H2,1H3,(H,20,23)(H,21,24)/t8-,11-,13-/m0/s1. The Morgan fingerprint density at radius 3 is 2.88 bits per heavy atom. The first-order chi connectivity index (χ1) is 11.5. The summed E-state index contributed by atoms with van der Waals surface area (Å²) in [5.74, 6) is -0.987. The molecule has 1 aliphatic rings. The lowest BCUT2D eigenvalue weighted by Gasteiger charge is -2.28. The van der Waals surface area contributed by atoms with Crippen LogP contribution in [-0.2, 0) is 16.0 Å². The van der Waals surface area contributed by atoms with E-state index in [0.29, 0.717) is 6.42 Å². The maximum absolute atomic E-state index is 12.3. The molecule has 0 unspecified atom stereocenters. The van der Waals surface area contributed by atoms with Crippen LogP contribution in [0, 0.1) is 0 Å². The summed E-state index contributed by atoms with van der Waals surface area (Å²) in [6.45, 7) is 1.49. The summed E-state index contributed by atoms with van der Waals surface area (Å²) >= 11 is 0. The number of aromatic nitrogens is 1. The van der Waals surface area contributed by atoms with Gasteiger partial charge in [-0.1, -0.05) is 18.2 Å². The van der Waals surface area contributed by atoms with Crippen LogP contribution >= 0.6 is 0 Å². The summed E-state index contributed by atoms with van der Waals surface area (Å²) in [4.78, 5) is 27.2. The summed E-state index contributed by atoms with van der Waals surface area (Å²) in [6, 6.07) is 6.40. The number of benzene rings is 1. The minimum atomic E-state index is -1.07. The van der Waals surface area contributed by atoms with Crippen LogP contribution in [0.15, 0.2) is 24.3 Å². The van der Waals surface area contributed by atoms with E-state index in [-0.39, 0.29) is 11.9 Å². The summed E-state index contributed by atoms with van der Waals surface area (Å²) in [7, 11) is 0. The van der Waals surface area contributed by atoms with Gasteiger partial charge in [-0.15, -0.1) is 0 Å². The van der Waals surface area contributed by atoms with E-state index in [1.54, 1.807) is 0 Å². The Morgan fingerprint density at radius 1 is 1.38 bits per heavy atom. The van der Waals surface area contributed by atoms with Crippen LogP contribution in [0.4, 0.5) is 0 Å². The van der Waals surface area contributed by atoms with Gasteiger partial charge in [-0.05, 0) is 25.0 Å². The summed E-state index contributed by atoms with van der Waals surface area (Å²) in [5, 5.41) is 13.2. The molecular weight excluding hydrogens is 310 g/mol. The number of hydrogen-bond donors (Lipinski definition) is 6. The molecule has 2 heterocycles. The van der Waals surface area contributed by atoms with Crippen LogP contribution in [0.5, 0.6) is 0 Å². The zero-order valence-corrected chi connectivity index (χ0v) is 13.3. The van der Waals surface area contributed by atoms with Gasteiger partial charge in [-0.25, -0.2) is 0 Å². The number of amides is 2. The highest BCUT2D eigenvalue weighted by atomic mass is 16.3. The van der Waals surface area contributed by atoms with E-state index in [2.05, 4.69) is 21.2 Å². The maximum atomic E-state index is 12.3. The molecule has 8 heteroatoms. The lowest BCUT2D eigenvalue weighted by Crippen LogP contribution is -2.56. The Kier molecular flexibility index (Phi) is 4.52. The Hall–Kier alpha value is -2.42. The number of H-pyrrole nitrogens is 1. The van der Waals surface area contributed by atoms with Crippen molar-refractivity contribution in [1.29, 1.82) is 0 Å². The van der Waals surface area contributed by atoms with Crippen molar-refractivity contribution in [2.24, 2.45) is 5.73 Å². The predicted molar refractivity (Wildman–Crippen MR) is 88.7 cm³/mol. The molecule has 1 aromatic heterocycles. The number of nitrogens with two attached hydrogens (primary N) is 1. The predicted octanol–water partition coefficient (Wildman–Crippen LogP) is -0.790. The number of aliphatic hydroxyl groups excluding tert-OH is 1. The summed E-state index contributed by atoms with van der Waals surface area (Å²) in [6.07, 6.45) is 0.511. The normalized spacial score (nSPS) is 21.1. The number of hydrogen-bond acceptors (Lipinski definition) is 5. The van der Waals surface area contributed by atoms with Crippen molar-refractivity contribution in [2.75, 3.05) is 6.61 Å². The van der Waals surface area contributed by atoms with Gasteiger partial charge in [0.15, 0.2) is 0 Å². The highest BCUT2D eigenvalue weighted by Crippen LogP contribution is 2.31. The lowest BCUT2D eigenvalue weighted by molar-refractivity contribution is -0.131. The van der Waals surface area contributed by atoms with Gasteiger partial charge < -0.3 is 15.8 Å². The van der Waals surface area contributed by atoms with Gasteiger partial charge in [0, 0.05) is 22.6 Å². The quantitative estimate of drug-likeness (QED) is 0.410. The van der Waals surface area contributed by atoms with Gasteiger partial charge in [0.2, 0.25) is 0 Å². The van der Waals surface area contributed by atoms with E-state index in [1.807, 2.05) is 31.2 Å². The zero-order chi connectivity index (χ0) is 17.3. The number of rotatable bonds is 3. The van der Waals surface area contributed by atoms with Gasteiger partial charge >= 0.3 is 0 Å². The molecule has 128 valence electrons. The van der Waals surface area contributed by atoms with Crippen molar-refractivity contribution in [3.8, 4) is 0 Å². The molecular formula is C16H21N5O3. The molecule has 3 rings (SSSR count). The topological polar surface area (TPSA) is 132 Å². The fraction of sp³-hybridized carbons (Fsp3) is 0.375. The van der Waals surface area contributed by atoms with Crippen molar-refractivity contribution in [3.63, 3.8) is 0 Å². The number of para-hydroxylation sites is 1. The number of nitrogens with one attached hydrogen (secondary N) is 4. The molecule has 0 spiro atoms. The fourth-order valence-electron chi connectivity index (χ4n) is 3.01. The second-order valence-corrected chi connectivity index (χ2v) is 5.98. The number of aromatic amines is 1. The molecule has 2 amide bonds. The summed E-state index contributed by atoms with van der Waals surface area (Å²) in [5.41, 5.74) is 13.2. The van der Waals surface area contributed by atoms with Crippen LogP contribution in [-0.4, -0.2) is 40.6 Å². The highest BCUT2D eigenvalue weighted by molar-refractivity contribution is 5.90. The number of fused-ring (bicyclic) bond motifs is 3. The molecule has 24 heavy (non-hydrogen) atoms. The molecule has 3 atom stereocenters. The highest BCUT2D eigenvalue weighted by Gasteiger charge is 2.31. The average molecular weight is 331 g/mol. The number of carbonyl (C=O) groups is 2. The Bertz CT molecular complexity index is 772. The second-order valence-electron chi connectivity index (χ2n) is 5.98. The molecule has 0 saturated heterocycles. The first-order valence-electron chi connectivity index (χ1n) is 7.83. The maximum Gasteiger partial charge on any atom is 0.257 e. The second kappa shape index (κ2) is 6.60. The fourth-order valence-corrected chi connectivity index (χ4v) is 3.01. The SMILES string of the molecule is C[C@@H]1N[C@H](C(=O)NNC(=O)[C@@H](N)CO)Cc2c1[nH]c1ccccc21. The van der Waals surface area contributed by atoms with Gasteiger partial charge in [0.05, 0.1) is 12.6 Å². The molecule has 1 aliphatic heterocycles. The van der Waals surface area contributed by atoms with Crippen LogP contribution in [0.1, 0.15) is 24.2 Å². The monoisotopic (exact) mass is 331 g/mol. The number of aliphatic hydroxyl groups is 1. The van der Waals surface area contributed by atoms with Gasteiger partial charge in [-0.2, -0.15) is 0 Å². The zero-order valence-electron chi connectivity index (χ0n) is 13.3. The van der Waals surface area contributed by atoms with Crippen molar-refractivity contribution in [1.82, 2.24) is 21.2 Å². The molecule has 0 radical (unpaired) electrons. The van der Waals surface area contributed by atoms with Gasteiger partial charge in [-0.3, -0.25) is 25.8 Å². The minimum Gasteiger partial charge on any atom is -0.394 e. The van der Waals surface area contributed by atoms with Gasteiger partial charge in [0.1, 0.15) is 6.04 Å². The van der Waals surface area contributed by atoms with Crippen LogP contribution in [0.2, 0.25) is 0 Å². The first kappa shape index (κ1) is 16.4. The first-order valence-corrected chi connectivity index (χ1v) is 7.83. The Labute approximate surface area is 138 Å². The van der Waals surface area contributed by atoms with E-state index in [1.165, 1.54) is 0 Å². The largest absolute Gasteiger partial charge is 0.394 e. The van der Waals surface area contributed by atoms with Crippen molar-refractivity contribution < 1.29 is 14.7 Å². The van der Waals surface area contributed by atoms with E-state index >= 15 is 0 Å². The van der Waals surface area contributed by atoms with Crippen LogP contribution < -0.4 is 21.9 Å². The molecule has 0 fully saturated rings. The van der Waals surface area contributed by atoms with E-state index in [4.69, 9.17) is 10.8 Å². The van der Waals surface area contributed by atoms with Crippen LogP contribution in [0.25, 0.3) is 10.9 Å². The van der Waals surface area contributed by atoms with E-state index in [9.17, 15) is 9.59 Å². The van der Waals surface area contributed by atoms with E-state index < -0.39 is 24.6 Å². The minimum absolute atomic E-state index is 0.0210. The Balaban J connectivity index is 1.73. The average Bonchev–Trinajstić information content (AvgIpc) is 2.98. The Morgan fingerprint density at radius 2 is 2.12 bits per heavy atom.